The van der Waals surface area contributed by atoms with Crippen molar-refractivity contribution >= 4 is 38.4 Å². The highest BCUT2D eigenvalue weighted by atomic mass is 32.1. The summed E-state index contributed by atoms with van der Waals surface area (Å²) >= 11 is 1.93. The number of methoxy groups -OCH3 is 1. The van der Waals surface area contributed by atoms with Gasteiger partial charge in [0.2, 0.25) is 0 Å². The number of anilines is 1. The maximum absolute atomic E-state index is 6.55. The Morgan fingerprint density at radius 2 is 1.77 bits per heavy atom. The summed E-state index contributed by atoms with van der Waals surface area (Å²) < 4.78 is 20.0. The standard InChI is InChI=1S/C30H48N6O3S/c1-3-4-5-26-34-27-28(36(26)21-22-6-10-32-11-7-22)29-24(33-30(27)31)20-25(40-29)23-8-12-35(13-9-23)14-15-38-18-19-39-17-16-37-2/h20,22-23,32H,3-19,21H2,1-2H3,(H2,31,33). The number of hydrogen-bond acceptors (Lipinski definition) is 9. The van der Waals surface area contributed by atoms with E-state index in [9.17, 15) is 0 Å². The molecule has 3 N–H and O–H groups in total. The number of rotatable bonds is 15. The van der Waals surface area contributed by atoms with E-state index in [1.54, 1.807) is 7.11 Å². The zero-order valence-corrected chi connectivity index (χ0v) is 25.3. The van der Waals surface area contributed by atoms with Crippen LogP contribution in [0.2, 0.25) is 0 Å². The van der Waals surface area contributed by atoms with Gasteiger partial charge in [-0.2, -0.15) is 0 Å². The lowest BCUT2D eigenvalue weighted by atomic mass is 9.95. The SMILES string of the molecule is CCCCc1nc2c(N)nc3cc(C4CCN(CCOCCOCCOC)CC4)sc3c2n1CC1CCNCC1. The van der Waals surface area contributed by atoms with E-state index in [0.29, 0.717) is 44.1 Å². The van der Waals surface area contributed by atoms with Gasteiger partial charge in [0.1, 0.15) is 11.3 Å². The first-order chi connectivity index (χ1) is 19.7. The molecule has 0 unspecified atom stereocenters. The molecular formula is C30H48N6O3S. The van der Waals surface area contributed by atoms with Crippen molar-refractivity contribution in [2.24, 2.45) is 5.92 Å². The van der Waals surface area contributed by atoms with Crippen molar-refractivity contribution in [3.63, 3.8) is 0 Å². The van der Waals surface area contributed by atoms with Gasteiger partial charge < -0.3 is 34.7 Å². The zero-order valence-electron chi connectivity index (χ0n) is 24.5. The summed E-state index contributed by atoms with van der Waals surface area (Å²) in [5.41, 5.74) is 9.72. The van der Waals surface area contributed by atoms with Gasteiger partial charge in [-0.3, -0.25) is 0 Å². The fourth-order valence-corrected chi connectivity index (χ4v) is 7.41. The molecule has 9 nitrogen and oxygen atoms in total. The van der Waals surface area contributed by atoms with Crippen molar-refractivity contribution in [2.75, 3.05) is 78.6 Å². The normalized spacial score (nSPS) is 17.9. The Bertz CT molecular complexity index is 1200. The van der Waals surface area contributed by atoms with E-state index in [1.165, 1.54) is 46.6 Å². The van der Waals surface area contributed by atoms with E-state index in [-0.39, 0.29) is 0 Å². The molecule has 3 aromatic heterocycles. The van der Waals surface area contributed by atoms with Crippen molar-refractivity contribution in [1.82, 2.24) is 24.8 Å². The largest absolute Gasteiger partial charge is 0.382 e. The fourth-order valence-electron chi connectivity index (χ4n) is 6.09. The number of hydrogen-bond donors (Lipinski definition) is 2. The number of pyridine rings is 1. The summed E-state index contributed by atoms with van der Waals surface area (Å²) in [5.74, 6) is 3.01. The molecule has 5 heterocycles. The monoisotopic (exact) mass is 572 g/mol. The highest BCUT2D eigenvalue weighted by Crippen LogP contribution is 2.40. The number of imidazole rings is 1. The van der Waals surface area contributed by atoms with E-state index < -0.39 is 0 Å². The average molecular weight is 573 g/mol. The number of aromatic nitrogens is 3. The van der Waals surface area contributed by atoms with Crippen LogP contribution in [0.5, 0.6) is 0 Å². The molecule has 2 aliphatic heterocycles. The number of nitrogens with two attached hydrogens (primary N) is 1. The van der Waals surface area contributed by atoms with E-state index >= 15 is 0 Å². The Kier molecular flexibility index (Phi) is 11.0. The molecule has 0 spiro atoms. The molecule has 0 aliphatic carbocycles. The third-order valence-corrected chi connectivity index (χ3v) is 9.77. The quantitative estimate of drug-likeness (QED) is 0.258. The molecule has 0 atom stereocenters. The average Bonchev–Trinajstić information content (AvgIpc) is 3.56. The van der Waals surface area contributed by atoms with Crippen LogP contribution < -0.4 is 11.1 Å². The van der Waals surface area contributed by atoms with Crippen molar-refractivity contribution < 1.29 is 14.2 Å². The molecule has 5 rings (SSSR count). The Morgan fingerprint density at radius 1 is 1.02 bits per heavy atom. The van der Waals surface area contributed by atoms with Crippen molar-refractivity contribution in [1.29, 1.82) is 0 Å². The number of nitrogen functional groups attached to an aromatic ring is 1. The second-order valence-electron chi connectivity index (χ2n) is 11.3. The maximum atomic E-state index is 6.55. The van der Waals surface area contributed by atoms with Crippen LogP contribution in [0.3, 0.4) is 0 Å². The number of likely N-dealkylation sites (tertiary alicyclic amines) is 1. The highest BCUT2D eigenvalue weighted by Gasteiger charge is 2.26. The number of thiophene rings is 1. The van der Waals surface area contributed by atoms with E-state index in [2.05, 4.69) is 27.8 Å². The predicted octanol–water partition coefficient (Wildman–Crippen LogP) is 4.43. The zero-order chi connectivity index (χ0) is 27.7. The van der Waals surface area contributed by atoms with Gasteiger partial charge in [-0.1, -0.05) is 13.3 Å². The number of unbranched alkanes of at least 4 members (excludes halogenated alkanes) is 1. The minimum absolute atomic E-state index is 0.571. The summed E-state index contributed by atoms with van der Waals surface area (Å²) in [6, 6.07) is 2.32. The van der Waals surface area contributed by atoms with Crippen LogP contribution in [0, 0.1) is 5.92 Å². The highest BCUT2D eigenvalue weighted by molar-refractivity contribution is 7.20. The summed E-state index contributed by atoms with van der Waals surface area (Å²) in [7, 11) is 1.69. The lowest BCUT2D eigenvalue weighted by Gasteiger charge is -2.31. The van der Waals surface area contributed by atoms with Crippen LogP contribution in [0.25, 0.3) is 21.3 Å². The summed E-state index contributed by atoms with van der Waals surface area (Å²) in [4.78, 5) is 13.9. The number of nitrogens with one attached hydrogen (secondary N) is 1. The number of nitrogens with zero attached hydrogens (tertiary/aromatic N) is 4. The van der Waals surface area contributed by atoms with Crippen LogP contribution in [0.1, 0.15) is 62.1 Å². The molecule has 2 fully saturated rings. The number of fused-ring (bicyclic) bond motifs is 3. The number of ether oxygens (including phenoxy) is 3. The molecule has 2 saturated heterocycles. The van der Waals surface area contributed by atoms with Gasteiger partial charge in [0.25, 0.3) is 0 Å². The van der Waals surface area contributed by atoms with Crippen molar-refractivity contribution in [3.05, 3.63) is 16.8 Å². The molecule has 222 valence electrons. The number of piperidine rings is 2. The molecular weight excluding hydrogens is 524 g/mol. The minimum atomic E-state index is 0.571. The van der Waals surface area contributed by atoms with E-state index in [0.717, 1.165) is 76.2 Å². The summed E-state index contributed by atoms with van der Waals surface area (Å²) in [6.45, 7) is 12.0. The van der Waals surface area contributed by atoms with Gasteiger partial charge in [0.15, 0.2) is 5.82 Å². The van der Waals surface area contributed by atoms with Gasteiger partial charge in [-0.05, 0) is 76.2 Å². The van der Waals surface area contributed by atoms with Gasteiger partial charge >= 0.3 is 0 Å². The molecule has 40 heavy (non-hydrogen) atoms. The Hall–Kier alpha value is -1.82. The maximum Gasteiger partial charge on any atom is 0.152 e. The molecule has 0 saturated carbocycles. The molecule has 0 bridgehead atoms. The van der Waals surface area contributed by atoms with Crippen molar-refractivity contribution in [3.8, 4) is 0 Å². The first-order valence-corrected chi connectivity index (χ1v) is 16.1. The summed E-state index contributed by atoms with van der Waals surface area (Å²) in [6.07, 6.45) is 8.09. The Labute approximate surface area is 242 Å². The lowest BCUT2D eigenvalue weighted by molar-refractivity contribution is 0.0181. The van der Waals surface area contributed by atoms with Crippen LogP contribution in [-0.2, 0) is 27.2 Å². The molecule has 2 aliphatic rings. The van der Waals surface area contributed by atoms with Gasteiger partial charge in [0, 0.05) is 31.5 Å². The Morgan fingerprint density at radius 3 is 2.52 bits per heavy atom. The van der Waals surface area contributed by atoms with Crippen LogP contribution in [-0.4, -0.2) is 92.3 Å². The predicted molar refractivity (Wildman–Crippen MR) is 163 cm³/mol. The van der Waals surface area contributed by atoms with Crippen LogP contribution in [0.15, 0.2) is 6.07 Å². The molecule has 10 heteroatoms. The van der Waals surface area contributed by atoms with Crippen LogP contribution >= 0.6 is 11.3 Å². The van der Waals surface area contributed by atoms with Gasteiger partial charge in [-0.15, -0.1) is 11.3 Å². The third kappa shape index (κ3) is 7.33. The van der Waals surface area contributed by atoms with Gasteiger partial charge in [-0.25, -0.2) is 9.97 Å². The number of aryl methyl sites for hydroxylation is 1. The van der Waals surface area contributed by atoms with Crippen molar-refractivity contribution in [2.45, 2.75) is 64.3 Å². The topological polar surface area (TPSA) is 99.7 Å². The lowest BCUT2D eigenvalue weighted by Crippen LogP contribution is -2.35. The first kappa shape index (κ1) is 29.7. The smallest absolute Gasteiger partial charge is 0.152 e. The Balaban J connectivity index is 1.25. The van der Waals surface area contributed by atoms with E-state index in [4.69, 9.17) is 29.9 Å². The molecule has 3 aromatic rings. The first-order valence-electron chi connectivity index (χ1n) is 15.3. The molecule has 0 aromatic carbocycles. The fraction of sp³-hybridized carbons (Fsp3) is 0.733. The second-order valence-corrected chi connectivity index (χ2v) is 12.4. The molecule has 0 amide bonds. The third-order valence-electron chi connectivity index (χ3n) is 8.48. The summed E-state index contributed by atoms with van der Waals surface area (Å²) in [5, 5.41) is 3.51. The van der Waals surface area contributed by atoms with Gasteiger partial charge in [0.05, 0.1) is 48.8 Å². The minimum Gasteiger partial charge on any atom is -0.382 e. The van der Waals surface area contributed by atoms with Crippen LogP contribution in [0.4, 0.5) is 5.82 Å². The molecule has 0 radical (unpaired) electrons. The second kappa shape index (κ2) is 14.9. The van der Waals surface area contributed by atoms with E-state index in [1.807, 2.05) is 11.3 Å².